The number of hydrogen-bond acceptors (Lipinski definition) is 1. The maximum Gasteiger partial charge on any atom is 0.151 e. The molecule has 2 aromatic heterocycles. The molecule has 0 saturated heterocycles. The first-order valence-electron chi connectivity index (χ1n) is 5.95. The minimum absolute atomic E-state index is 0.790. The van der Waals surface area contributed by atoms with Gasteiger partial charge in [-0.15, -0.1) is 0 Å². The highest BCUT2D eigenvalue weighted by Crippen LogP contribution is 2.41. The molecule has 0 spiro atoms. The van der Waals surface area contributed by atoms with Crippen LogP contribution in [0.1, 0.15) is 43.4 Å². The second-order valence-electron chi connectivity index (χ2n) is 4.61. The molecule has 0 atom stereocenters. The van der Waals surface area contributed by atoms with Crippen LogP contribution in [0.25, 0.3) is 5.65 Å². The highest BCUT2D eigenvalue weighted by Gasteiger charge is 2.24. The molecule has 2 heterocycles. The predicted octanol–water partition coefficient (Wildman–Crippen LogP) is 3.93. The molecule has 2 aromatic rings. The molecule has 2 nitrogen and oxygen atoms in total. The summed E-state index contributed by atoms with van der Waals surface area (Å²) in [5, 5.41) is 0. The van der Waals surface area contributed by atoms with Crippen molar-refractivity contribution in [2.24, 2.45) is 0 Å². The lowest BCUT2D eigenvalue weighted by atomic mass is 10.2. The molecular formula is C13H15BrN2. The smallest absolute Gasteiger partial charge is 0.151 e. The van der Waals surface area contributed by atoms with E-state index in [2.05, 4.69) is 50.7 Å². The Bertz CT molecular complexity index is 526. The van der Waals surface area contributed by atoms with E-state index < -0.39 is 0 Å². The topological polar surface area (TPSA) is 17.3 Å². The van der Waals surface area contributed by atoms with Gasteiger partial charge in [-0.2, -0.15) is 0 Å². The van der Waals surface area contributed by atoms with Crippen LogP contribution in [0.5, 0.6) is 0 Å². The summed E-state index contributed by atoms with van der Waals surface area (Å²) in [4.78, 5) is 4.64. The molecule has 0 amide bonds. The number of aryl methyl sites for hydroxylation is 1. The zero-order chi connectivity index (χ0) is 11.1. The lowest BCUT2D eigenvalue weighted by Gasteiger charge is -2.01. The molecule has 0 N–H and O–H groups in total. The highest BCUT2D eigenvalue weighted by molar-refractivity contribution is 9.10. The third-order valence-corrected chi connectivity index (χ3v) is 3.72. The first-order valence-corrected chi connectivity index (χ1v) is 6.74. The third-order valence-electron chi connectivity index (χ3n) is 3.13. The van der Waals surface area contributed by atoms with Crippen LogP contribution in [-0.4, -0.2) is 9.38 Å². The molecular weight excluding hydrogens is 264 g/mol. The minimum Gasteiger partial charge on any atom is -0.306 e. The fraction of sp³-hybridized carbons (Fsp3) is 0.462. The summed E-state index contributed by atoms with van der Waals surface area (Å²) in [6.45, 7) is 2.19. The fourth-order valence-electron chi connectivity index (χ4n) is 2.14. The van der Waals surface area contributed by atoms with E-state index in [1.807, 2.05) is 0 Å². The Kier molecular flexibility index (Phi) is 2.51. The molecule has 0 bridgehead atoms. The van der Waals surface area contributed by atoms with Crippen molar-refractivity contribution in [3.63, 3.8) is 0 Å². The summed E-state index contributed by atoms with van der Waals surface area (Å²) in [5.41, 5.74) is 3.68. The Morgan fingerprint density at radius 3 is 2.94 bits per heavy atom. The van der Waals surface area contributed by atoms with Crippen LogP contribution >= 0.6 is 15.9 Å². The van der Waals surface area contributed by atoms with Crippen molar-refractivity contribution in [3.05, 3.63) is 34.2 Å². The largest absolute Gasteiger partial charge is 0.306 e. The number of aromatic nitrogens is 2. The standard InChI is InChI=1S/C13H15BrN2/c1-2-3-11-8-16-7-10(9-4-5-9)6-12(14)13(16)15-11/h6-9H,2-5H2,1H3. The zero-order valence-corrected chi connectivity index (χ0v) is 11.0. The Labute approximate surface area is 104 Å². The summed E-state index contributed by atoms with van der Waals surface area (Å²) in [5.74, 6) is 0.790. The Morgan fingerprint density at radius 2 is 2.25 bits per heavy atom. The number of imidazole rings is 1. The number of halogens is 1. The third kappa shape index (κ3) is 1.77. The average Bonchev–Trinajstić information content (AvgIpc) is 3.01. The van der Waals surface area contributed by atoms with Crippen molar-refractivity contribution < 1.29 is 0 Å². The summed E-state index contributed by atoms with van der Waals surface area (Å²) in [6, 6.07) is 2.23. The van der Waals surface area contributed by atoms with Crippen LogP contribution in [0.4, 0.5) is 0 Å². The molecule has 16 heavy (non-hydrogen) atoms. The second-order valence-corrected chi connectivity index (χ2v) is 5.46. The van der Waals surface area contributed by atoms with E-state index in [1.165, 1.54) is 24.1 Å². The zero-order valence-electron chi connectivity index (χ0n) is 9.41. The van der Waals surface area contributed by atoms with Gasteiger partial charge in [-0.3, -0.25) is 0 Å². The van der Waals surface area contributed by atoms with Crippen molar-refractivity contribution >= 4 is 21.6 Å². The van der Waals surface area contributed by atoms with Crippen LogP contribution in [0.3, 0.4) is 0 Å². The molecule has 1 saturated carbocycles. The minimum atomic E-state index is 0.790. The quantitative estimate of drug-likeness (QED) is 0.832. The Balaban J connectivity index is 2.10. The van der Waals surface area contributed by atoms with Gasteiger partial charge in [0.2, 0.25) is 0 Å². The van der Waals surface area contributed by atoms with Crippen molar-refractivity contribution in [1.82, 2.24) is 9.38 Å². The van der Waals surface area contributed by atoms with E-state index in [4.69, 9.17) is 0 Å². The van der Waals surface area contributed by atoms with E-state index in [-0.39, 0.29) is 0 Å². The van der Waals surface area contributed by atoms with Crippen molar-refractivity contribution in [3.8, 4) is 0 Å². The highest BCUT2D eigenvalue weighted by atomic mass is 79.9. The number of hydrogen-bond donors (Lipinski definition) is 0. The monoisotopic (exact) mass is 278 g/mol. The van der Waals surface area contributed by atoms with E-state index >= 15 is 0 Å². The van der Waals surface area contributed by atoms with Crippen molar-refractivity contribution in [2.75, 3.05) is 0 Å². The molecule has 1 fully saturated rings. The second kappa shape index (κ2) is 3.88. The van der Waals surface area contributed by atoms with Gasteiger partial charge in [-0.25, -0.2) is 4.98 Å². The Morgan fingerprint density at radius 1 is 1.44 bits per heavy atom. The maximum atomic E-state index is 4.64. The molecule has 3 heteroatoms. The van der Waals surface area contributed by atoms with Gasteiger partial charge in [0.1, 0.15) is 0 Å². The van der Waals surface area contributed by atoms with Crippen LogP contribution in [0.15, 0.2) is 22.9 Å². The lowest BCUT2D eigenvalue weighted by Crippen LogP contribution is -1.88. The van der Waals surface area contributed by atoms with Crippen LogP contribution < -0.4 is 0 Å². The van der Waals surface area contributed by atoms with Crippen LogP contribution in [0.2, 0.25) is 0 Å². The summed E-state index contributed by atoms with van der Waals surface area (Å²) >= 11 is 3.62. The molecule has 84 valence electrons. The van der Waals surface area contributed by atoms with Gasteiger partial charge in [0.25, 0.3) is 0 Å². The number of rotatable bonds is 3. The van der Waals surface area contributed by atoms with Gasteiger partial charge in [-0.1, -0.05) is 13.3 Å². The van der Waals surface area contributed by atoms with E-state index in [0.717, 1.165) is 28.9 Å². The van der Waals surface area contributed by atoms with Crippen molar-refractivity contribution in [1.29, 1.82) is 0 Å². The van der Waals surface area contributed by atoms with E-state index in [1.54, 1.807) is 0 Å². The summed E-state index contributed by atoms with van der Waals surface area (Å²) in [6.07, 6.45) is 9.30. The summed E-state index contributed by atoms with van der Waals surface area (Å²) < 4.78 is 3.29. The van der Waals surface area contributed by atoms with Gasteiger partial charge in [0.15, 0.2) is 5.65 Å². The number of fused-ring (bicyclic) bond motifs is 1. The number of nitrogens with zero attached hydrogens (tertiary/aromatic N) is 2. The normalized spacial score (nSPS) is 15.9. The molecule has 0 radical (unpaired) electrons. The predicted molar refractivity (Wildman–Crippen MR) is 68.9 cm³/mol. The molecule has 1 aliphatic carbocycles. The van der Waals surface area contributed by atoms with Gasteiger partial charge < -0.3 is 4.40 Å². The summed E-state index contributed by atoms with van der Waals surface area (Å²) in [7, 11) is 0. The van der Waals surface area contributed by atoms with Gasteiger partial charge >= 0.3 is 0 Å². The molecule has 1 aliphatic rings. The fourth-order valence-corrected chi connectivity index (χ4v) is 2.70. The van der Waals surface area contributed by atoms with Gasteiger partial charge in [0, 0.05) is 12.4 Å². The first-order chi connectivity index (χ1) is 7.78. The van der Waals surface area contributed by atoms with Gasteiger partial charge in [-0.05, 0) is 52.7 Å². The average molecular weight is 279 g/mol. The van der Waals surface area contributed by atoms with E-state index in [0.29, 0.717) is 0 Å². The van der Waals surface area contributed by atoms with Gasteiger partial charge in [0.05, 0.1) is 10.2 Å². The molecule has 0 aliphatic heterocycles. The lowest BCUT2D eigenvalue weighted by molar-refractivity contribution is 0.893. The van der Waals surface area contributed by atoms with Crippen LogP contribution in [0, 0.1) is 0 Å². The van der Waals surface area contributed by atoms with Crippen LogP contribution in [-0.2, 0) is 6.42 Å². The van der Waals surface area contributed by atoms with E-state index in [9.17, 15) is 0 Å². The molecule has 3 rings (SSSR count). The van der Waals surface area contributed by atoms with Crippen molar-refractivity contribution in [2.45, 2.75) is 38.5 Å². The SMILES string of the molecule is CCCc1cn2cc(C3CC3)cc(Br)c2n1. The first kappa shape index (κ1) is 10.3. The molecule has 0 unspecified atom stereocenters. The molecule has 0 aromatic carbocycles. The maximum absolute atomic E-state index is 4.64. The Hall–Kier alpha value is -0.830. The number of pyridine rings is 1.